The molecule has 1 fully saturated rings. The molecule has 1 aliphatic rings. The number of hydrogen-bond acceptors (Lipinski definition) is 4. The standard InChI is InChI=1S/C22H24FN3O2/c1-28-18-6-7-19-21(12-18)24-15-26(22(19)27)13-16-8-10-25(11-9-16)14-17-4-2-3-5-20(17)23/h2-7,12,15-16H,8-11,13-14H2,1H3. The summed E-state index contributed by atoms with van der Waals surface area (Å²) in [7, 11) is 1.60. The van der Waals surface area contributed by atoms with Crippen LogP contribution < -0.4 is 10.3 Å². The highest BCUT2D eigenvalue weighted by Crippen LogP contribution is 2.22. The fraction of sp³-hybridized carbons (Fsp3) is 0.364. The molecule has 6 heteroatoms. The Balaban J connectivity index is 1.40. The van der Waals surface area contributed by atoms with Crippen LogP contribution in [0.4, 0.5) is 4.39 Å². The van der Waals surface area contributed by atoms with Gasteiger partial charge in [-0.1, -0.05) is 18.2 Å². The van der Waals surface area contributed by atoms with Gasteiger partial charge in [0.2, 0.25) is 0 Å². The Hall–Kier alpha value is -2.73. The third-order valence-corrected chi connectivity index (χ3v) is 5.55. The third kappa shape index (κ3) is 3.92. The van der Waals surface area contributed by atoms with E-state index in [4.69, 9.17) is 4.74 Å². The molecule has 0 spiro atoms. The molecule has 5 nitrogen and oxygen atoms in total. The summed E-state index contributed by atoms with van der Waals surface area (Å²) in [6, 6.07) is 12.3. The van der Waals surface area contributed by atoms with Gasteiger partial charge in [-0.05, 0) is 50.0 Å². The Labute approximate surface area is 163 Å². The second kappa shape index (κ2) is 8.10. The fourth-order valence-corrected chi connectivity index (χ4v) is 3.87. The molecule has 4 rings (SSSR count). The first-order valence-electron chi connectivity index (χ1n) is 9.63. The van der Waals surface area contributed by atoms with Crippen LogP contribution in [0.15, 0.2) is 53.6 Å². The second-order valence-electron chi connectivity index (χ2n) is 7.40. The molecule has 3 aromatic rings. The molecular formula is C22H24FN3O2. The van der Waals surface area contributed by atoms with Crippen molar-refractivity contribution in [3.63, 3.8) is 0 Å². The van der Waals surface area contributed by atoms with Crippen LogP contribution in [0.1, 0.15) is 18.4 Å². The third-order valence-electron chi connectivity index (χ3n) is 5.55. The average Bonchev–Trinajstić information content (AvgIpc) is 2.73. The molecular weight excluding hydrogens is 357 g/mol. The first-order valence-corrected chi connectivity index (χ1v) is 9.63. The van der Waals surface area contributed by atoms with E-state index in [2.05, 4.69) is 9.88 Å². The van der Waals surface area contributed by atoms with Gasteiger partial charge >= 0.3 is 0 Å². The summed E-state index contributed by atoms with van der Waals surface area (Å²) < 4.78 is 20.8. The van der Waals surface area contributed by atoms with Gasteiger partial charge in [-0.25, -0.2) is 9.37 Å². The lowest BCUT2D eigenvalue weighted by Gasteiger charge is -2.32. The van der Waals surface area contributed by atoms with Gasteiger partial charge in [0.05, 0.1) is 24.3 Å². The molecule has 1 aliphatic heterocycles. The van der Waals surface area contributed by atoms with Crippen molar-refractivity contribution in [2.24, 2.45) is 5.92 Å². The van der Waals surface area contributed by atoms with Crippen molar-refractivity contribution in [3.05, 3.63) is 70.5 Å². The van der Waals surface area contributed by atoms with Gasteiger partial charge in [-0.15, -0.1) is 0 Å². The molecule has 0 radical (unpaired) electrons. The molecule has 0 saturated carbocycles. The van der Waals surface area contributed by atoms with Crippen molar-refractivity contribution >= 4 is 10.9 Å². The van der Waals surface area contributed by atoms with E-state index in [1.807, 2.05) is 12.1 Å². The lowest BCUT2D eigenvalue weighted by molar-refractivity contribution is 0.165. The highest BCUT2D eigenvalue weighted by Gasteiger charge is 2.21. The van der Waals surface area contributed by atoms with Crippen LogP contribution in [0.3, 0.4) is 0 Å². The number of ether oxygens (including phenoxy) is 1. The van der Waals surface area contributed by atoms with E-state index < -0.39 is 0 Å². The van der Waals surface area contributed by atoms with E-state index in [1.165, 1.54) is 6.07 Å². The summed E-state index contributed by atoms with van der Waals surface area (Å²) in [5, 5.41) is 0.611. The van der Waals surface area contributed by atoms with Gasteiger partial charge in [0.25, 0.3) is 5.56 Å². The molecule has 0 amide bonds. The number of nitrogens with zero attached hydrogens (tertiary/aromatic N) is 3. The maximum absolute atomic E-state index is 13.8. The van der Waals surface area contributed by atoms with Crippen LogP contribution in [-0.4, -0.2) is 34.7 Å². The normalized spacial score (nSPS) is 15.8. The first kappa shape index (κ1) is 18.6. The zero-order valence-corrected chi connectivity index (χ0v) is 16.0. The van der Waals surface area contributed by atoms with Crippen LogP contribution in [0.25, 0.3) is 10.9 Å². The molecule has 1 saturated heterocycles. The summed E-state index contributed by atoms with van der Waals surface area (Å²) in [6.07, 6.45) is 3.61. The van der Waals surface area contributed by atoms with Gasteiger partial charge in [-0.3, -0.25) is 14.3 Å². The van der Waals surface area contributed by atoms with Crippen LogP contribution >= 0.6 is 0 Å². The zero-order valence-electron chi connectivity index (χ0n) is 16.0. The van der Waals surface area contributed by atoms with Crippen LogP contribution in [0, 0.1) is 11.7 Å². The van der Waals surface area contributed by atoms with Crippen molar-refractivity contribution in [1.82, 2.24) is 14.5 Å². The highest BCUT2D eigenvalue weighted by molar-refractivity contribution is 5.78. The van der Waals surface area contributed by atoms with E-state index in [-0.39, 0.29) is 11.4 Å². The summed E-state index contributed by atoms with van der Waals surface area (Å²) in [6.45, 7) is 3.12. The smallest absolute Gasteiger partial charge is 0.261 e. The molecule has 2 aromatic carbocycles. The minimum absolute atomic E-state index is 0.0126. The van der Waals surface area contributed by atoms with E-state index >= 15 is 0 Å². The lowest BCUT2D eigenvalue weighted by atomic mass is 9.96. The molecule has 0 unspecified atom stereocenters. The molecule has 0 atom stereocenters. The van der Waals surface area contributed by atoms with Crippen LogP contribution in [0.5, 0.6) is 5.75 Å². The number of methoxy groups -OCH3 is 1. The Morgan fingerprint density at radius 1 is 1.18 bits per heavy atom. The van der Waals surface area contributed by atoms with Crippen molar-refractivity contribution in [2.45, 2.75) is 25.9 Å². The monoisotopic (exact) mass is 381 g/mol. The summed E-state index contributed by atoms with van der Waals surface area (Å²) in [5.41, 5.74) is 1.38. The Morgan fingerprint density at radius 2 is 1.96 bits per heavy atom. The Morgan fingerprint density at radius 3 is 2.71 bits per heavy atom. The minimum atomic E-state index is -0.143. The molecule has 1 aromatic heterocycles. The number of fused-ring (bicyclic) bond motifs is 1. The van der Waals surface area contributed by atoms with Crippen LogP contribution in [-0.2, 0) is 13.1 Å². The number of aromatic nitrogens is 2. The second-order valence-corrected chi connectivity index (χ2v) is 7.40. The predicted molar refractivity (Wildman–Crippen MR) is 107 cm³/mol. The molecule has 0 bridgehead atoms. The van der Waals surface area contributed by atoms with E-state index in [9.17, 15) is 9.18 Å². The van der Waals surface area contributed by atoms with E-state index in [1.54, 1.807) is 42.3 Å². The van der Waals surface area contributed by atoms with E-state index in [0.717, 1.165) is 31.5 Å². The fourth-order valence-electron chi connectivity index (χ4n) is 3.87. The topological polar surface area (TPSA) is 47.4 Å². The average molecular weight is 381 g/mol. The summed E-state index contributed by atoms with van der Waals surface area (Å²) in [4.78, 5) is 19.5. The molecule has 0 aliphatic carbocycles. The number of hydrogen-bond donors (Lipinski definition) is 0. The van der Waals surface area contributed by atoms with Gasteiger partial charge in [0.15, 0.2) is 0 Å². The quantitative estimate of drug-likeness (QED) is 0.679. The molecule has 146 valence electrons. The van der Waals surface area contributed by atoms with Crippen LogP contribution in [0.2, 0.25) is 0 Å². The zero-order chi connectivity index (χ0) is 19.5. The SMILES string of the molecule is COc1ccc2c(=O)n(CC3CCN(Cc4ccccc4F)CC3)cnc2c1. The van der Waals surface area contributed by atoms with Crippen molar-refractivity contribution in [2.75, 3.05) is 20.2 Å². The Kier molecular flexibility index (Phi) is 5.39. The molecule has 0 N–H and O–H groups in total. The largest absolute Gasteiger partial charge is 0.497 e. The highest BCUT2D eigenvalue weighted by atomic mass is 19.1. The van der Waals surface area contributed by atoms with Crippen molar-refractivity contribution in [1.29, 1.82) is 0 Å². The van der Waals surface area contributed by atoms with E-state index in [0.29, 0.717) is 35.7 Å². The van der Waals surface area contributed by atoms with Gasteiger partial charge in [0, 0.05) is 24.7 Å². The molecule has 2 heterocycles. The number of piperidine rings is 1. The van der Waals surface area contributed by atoms with Gasteiger partial charge in [-0.2, -0.15) is 0 Å². The summed E-state index contributed by atoms with van der Waals surface area (Å²) >= 11 is 0. The minimum Gasteiger partial charge on any atom is -0.497 e. The molecule has 28 heavy (non-hydrogen) atoms. The lowest BCUT2D eigenvalue weighted by Crippen LogP contribution is -2.36. The number of likely N-dealkylation sites (tertiary alicyclic amines) is 1. The van der Waals surface area contributed by atoms with Crippen molar-refractivity contribution in [3.8, 4) is 5.75 Å². The Bertz CT molecular complexity index is 1030. The van der Waals surface area contributed by atoms with Gasteiger partial charge < -0.3 is 4.74 Å². The number of rotatable bonds is 5. The summed E-state index contributed by atoms with van der Waals surface area (Å²) in [5.74, 6) is 0.974. The maximum atomic E-state index is 13.8. The van der Waals surface area contributed by atoms with Crippen molar-refractivity contribution < 1.29 is 9.13 Å². The maximum Gasteiger partial charge on any atom is 0.261 e. The number of benzene rings is 2. The first-order chi connectivity index (χ1) is 13.6. The number of halogens is 1. The van der Waals surface area contributed by atoms with Gasteiger partial charge in [0.1, 0.15) is 11.6 Å². The predicted octanol–water partition coefficient (Wildman–Crippen LogP) is 3.46.